The number of benzene rings is 1. The van der Waals surface area contributed by atoms with Gasteiger partial charge in [0.05, 0.1) is 12.0 Å². The summed E-state index contributed by atoms with van der Waals surface area (Å²) in [6.07, 6.45) is 9.34. The van der Waals surface area contributed by atoms with Gasteiger partial charge in [-0.3, -0.25) is 9.79 Å². The van der Waals surface area contributed by atoms with E-state index >= 15 is 0 Å². The first-order valence-corrected chi connectivity index (χ1v) is 12.2. The number of carbonyl (C=O) groups is 1. The molecule has 7 heteroatoms. The fourth-order valence-corrected chi connectivity index (χ4v) is 7.40. The molecule has 0 unspecified atom stereocenters. The van der Waals surface area contributed by atoms with Crippen LogP contribution in [-0.4, -0.2) is 16.0 Å². The van der Waals surface area contributed by atoms with Gasteiger partial charge in [0, 0.05) is 23.3 Å². The maximum absolute atomic E-state index is 13.1. The normalized spacial score (nSPS) is 29.1. The summed E-state index contributed by atoms with van der Waals surface area (Å²) in [6.45, 7) is 3.05. The first-order chi connectivity index (χ1) is 14.5. The van der Waals surface area contributed by atoms with E-state index in [0.29, 0.717) is 12.1 Å². The molecule has 0 atom stereocenters. The summed E-state index contributed by atoms with van der Waals surface area (Å²) in [5.74, 6) is 2.25. The summed E-state index contributed by atoms with van der Waals surface area (Å²) in [6, 6.07) is 5.91. The number of hydrogen-bond donors (Lipinski definition) is 1. The Morgan fingerprint density at radius 2 is 1.77 bits per heavy atom. The molecule has 4 aliphatic rings. The highest BCUT2D eigenvalue weighted by molar-refractivity contribution is 7.07. The van der Waals surface area contributed by atoms with Gasteiger partial charge in [0.15, 0.2) is 4.80 Å². The zero-order valence-corrected chi connectivity index (χ0v) is 19.6. The van der Waals surface area contributed by atoms with Crippen LogP contribution in [0.25, 0.3) is 0 Å². The van der Waals surface area contributed by atoms with E-state index in [1.54, 1.807) is 23.5 Å². The van der Waals surface area contributed by atoms with E-state index in [9.17, 15) is 9.18 Å². The molecule has 1 aromatic carbocycles. The predicted octanol–water partition coefficient (Wildman–Crippen LogP) is 5.57. The quantitative estimate of drug-likeness (QED) is 0.597. The lowest BCUT2D eigenvalue weighted by Gasteiger charge is -2.54. The fraction of sp³-hybridized carbons (Fsp3) is 0.583. The SMILES string of the molecule is CCCn1c(CC(=O)Nc2ccc(F)cc2)csc1=NC12CC3CC(CC(C3)C1)C2.Cl. The Bertz CT molecular complexity index is 962. The lowest BCUT2D eigenvalue weighted by Crippen LogP contribution is -2.50. The topological polar surface area (TPSA) is 46.4 Å². The first kappa shape index (κ1) is 22.5. The number of aromatic nitrogens is 1. The zero-order chi connectivity index (χ0) is 20.7. The van der Waals surface area contributed by atoms with Crippen molar-refractivity contribution < 1.29 is 9.18 Å². The van der Waals surface area contributed by atoms with E-state index in [0.717, 1.165) is 41.2 Å². The summed E-state index contributed by atoms with van der Waals surface area (Å²) in [7, 11) is 0. The van der Waals surface area contributed by atoms with Gasteiger partial charge in [0.25, 0.3) is 0 Å². The Hall–Kier alpha value is -1.66. The molecule has 4 aliphatic carbocycles. The molecule has 0 saturated heterocycles. The number of carbonyl (C=O) groups excluding carboxylic acids is 1. The third-order valence-electron chi connectivity index (χ3n) is 7.13. The van der Waals surface area contributed by atoms with Gasteiger partial charge in [0.2, 0.25) is 5.91 Å². The average Bonchev–Trinajstić information content (AvgIpc) is 3.03. The van der Waals surface area contributed by atoms with Crippen LogP contribution < -0.4 is 10.1 Å². The molecule has 1 aromatic heterocycles. The van der Waals surface area contributed by atoms with Gasteiger partial charge in [-0.25, -0.2) is 4.39 Å². The van der Waals surface area contributed by atoms with Crippen LogP contribution >= 0.6 is 23.7 Å². The number of rotatable bonds is 6. The third-order valence-corrected chi connectivity index (χ3v) is 8.05. The van der Waals surface area contributed by atoms with Crippen LogP contribution in [0.1, 0.15) is 57.6 Å². The smallest absolute Gasteiger partial charge is 0.230 e. The molecule has 1 amide bonds. The molecule has 31 heavy (non-hydrogen) atoms. The molecule has 4 saturated carbocycles. The Morgan fingerprint density at radius 3 is 2.35 bits per heavy atom. The molecule has 2 aromatic rings. The van der Waals surface area contributed by atoms with Gasteiger partial charge in [0.1, 0.15) is 5.82 Å². The summed E-state index contributed by atoms with van der Waals surface area (Å²) in [5.41, 5.74) is 1.78. The van der Waals surface area contributed by atoms with Gasteiger partial charge in [-0.2, -0.15) is 0 Å². The number of anilines is 1. The molecule has 1 heterocycles. The monoisotopic (exact) mass is 463 g/mol. The second-order valence-corrected chi connectivity index (χ2v) is 10.5. The van der Waals surface area contributed by atoms with Gasteiger partial charge in [-0.1, -0.05) is 6.92 Å². The summed E-state index contributed by atoms with van der Waals surface area (Å²) >= 11 is 1.68. The second kappa shape index (κ2) is 9.07. The van der Waals surface area contributed by atoms with Crippen molar-refractivity contribution >= 4 is 35.3 Å². The third kappa shape index (κ3) is 4.75. The van der Waals surface area contributed by atoms with Crippen molar-refractivity contribution in [2.45, 2.75) is 70.4 Å². The molecule has 4 bridgehead atoms. The molecule has 0 radical (unpaired) electrons. The second-order valence-electron chi connectivity index (χ2n) is 9.65. The van der Waals surface area contributed by atoms with Crippen LogP contribution in [0.2, 0.25) is 0 Å². The Labute approximate surface area is 193 Å². The minimum Gasteiger partial charge on any atom is -0.326 e. The van der Waals surface area contributed by atoms with Crippen LogP contribution in [0.15, 0.2) is 34.6 Å². The minimum absolute atomic E-state index is 0. The van der Waals surface area contributed by atoms with E-state index in [2.05, 4.69) is 22.2 Å². The lowest BCUT2D eigenvalue weighted by atomic mass is 9.53. The van der Waals surface area contributed by atoms with Gasteiger partial charge in [-0.05, 0) is 87.0 Å². The van der Waals surface area contributed by atoms with Crippen LogP contribution in [0.4, 0.5) is 10.1 Å². The molecular formula is C24H31ClFN3OS. The molecule has 0 aliphatic heterocycles. The molecule has 0 spiro atoms. The maximum atomic E-state index is 13.1. The van der Waals surface area contributed by atoms with Crippen molar-refractivity contribution in [2.75, 3.05) is 5.32 Å². The van der Waals surface area contributed by atoms with Crippen molar-refractivity contribution in [2.24, 2.45) is 22.7 Å². The Kier molecular flexibility index (Phi) is 6.59. The lowest BCUT2D eigenvalue weighted by molar-refractivity contribution is -0.115. The Balaban J connectivity index is 0.00000231. The molecule has 168 valence electrons. The van der Waals surface area contributed by atoms with Crippen LogP contribution in [0.5, 0.6) is 0 Å². The molecule has 6 rings (SSSR count). The molecular weight excluding hydrogens is 433 g/mol. The van der Waals surface area contributed by atoms with Gasteiger partial charge in [-0.15, -0.1) is 23.7 Å². The largest absolute Gasteiger partial charge is 0.326 e. The fourth-order valence-electron chi connectivity index (χ4n) is 6.37. The number of nitrogens with one attached hydrogen (secondary N) is 1. The van der Waals surface area contributed by atoms with E-state index in [-0.39, 0.29) is 29.7 Å². The van der Waals surface area contributed by atoms with Crippen molar-refractivity contribution in [3.05, 3.63) is 46.0 Å². The van der Waals surface area contributed by atoms with Crippen molar-refractivity contribution in [3.63, 3.8) is 0 Å². The maximum Gasteiger partial charge on any atom is 0.230 e. The van der Waals surface area contributed by atoms with Crippen LogP contribution in [0, 0.1) is 23.6 Å². The number of nitrogens with zero attached hydrogens (tertiary/aromatic N) is 2. The van der Waals surface area contributed by atoms with E-state index in [1.165, 1.54) is 50.7 Å². The first-order valence-electron chi connectivity index (χ1n) is 11.3. The highest BCUT2D eigenvalue weighted by atomic mass is 35.5. The van der Waals surface area contributed by atoms with Gasteiger partial charge < -0.3 is 9.88 Å². The van der Waals surface area contributed by atoms with Crippen LogP contribution in [0.3, 0.4) is 0 Å². The average molecular weight is 464 g/mol. The number of thiazole rings is 1. The molecule has 1 N–H and O–H groups in total. The van der Waals surface area contributed by atoms with E-state index < -0.39 is 0 Å². The predicted molar refractivity (Wildman–Crippen MR) is 125 cm³/mol. The zero-order valence-electron chi connectivity index (χ0n) is 18.0. The molecule has 4 fully saturated rings. The molecule has 4 nitrogen and oxygen atoms in total. The summed E-state index contributed by atoms with van der Waals surface area (Å²) in [4.78, 5) is 19.1. The van der Waals surface area contributed by atoms with E-state index in [1.807, 2.05) is 0 Å². The number of amides is 1. The number of halogens is 2. The minimum atomic E-state index is -0.303. The van der Waals surface area contributed by atoms with Crippen LogP contribution in [-0.2, 0) is 17.8 Å². The van der Waals surface area contributed by atoms with Crippen molar-refractivity contribution in [1.82, 2.24) is 4.57 Å². The highest BCUT2D eigenvalue weighted by Crippen LogP contribution is 2.57. The summed E-state index contributed by atoms with van der Waals surface area (Å²) < 4.78 is 15.4. The highest BCUT2D eigenvalue weighted by Gasteiger charge is 2.51. The van der Waals surface area contributed by atoms with E-state index in [4.69, 9.17) is 4.99 Å². The van der Waals surface area contributed by atoms with Gasteiger partial charge >= 0.3 is 0 Å². The number of hydrogen-bond acceptors (Lipinski definition) is 3. The van der Waals surface area contributed by atoms with Crippen molar-refractivity contribution in [1.29, 1.82) is 0 Å². The Morgan fingerprint density at radius 1 is 1.16 bits per heavy atom. The van der Waals surface area contributed by atoms with Crippen molar-refractivity contribution in [3.8, 4) is 0 Å². The standard InChI is InChI=1S/C24H30FN3OS.ClH/c1-2-7-28-21(11-22(29)26-20-5-3-19(25)4-6-20)15-30-23(28)27-24-12-16-8-17(13-24)10-18(9-16)14-24;/h3-6,15-18H,2,7-14H2,1H3,(H,26,29);1H. The summed E-state index contributed by atoms with van der Waals surface area (Å²) in [5, 5.41) is 4.97.